The van der Waals surface area contributed by atoms with Gasteiger partial charge >= 0.3 is 11.8 Å². The molecule has 1 unspecified atom stereocenters. The first-order valence-corrected chi connectivity index (χ1v) is 7.02. The monoisotopic (exact) mass is 288 g/mol. The van der Waals surface area contributed by atoms with Crippen molar-refractivity contribution >= 4 is 11.8 Å². The molecule has 5 nitrogen and oxygen atoms in total. The van der Waals surface area contributed by atoms with Crippen molar-refractivity contribution in [3.8, 4) is 0 Å². The third-order valence-electron chi connectivity index (χ3n) is 3.66. The number of carbonyl (C=O) groups excluding carboxylic acids is 2. The second-order valence-corrected chi connectivity index (χ2v) is 5.25. The fraction of sp³-hybridized carbons (Fsp3) is 0.375. The quantitative estimate of drug-likeness (QED) is 0.533. The maximum absolute atomic E-state index is 11.7. The Hall–Kier alpha value is -2.14. The van der Waals surface area contributed by atoms with Crippen LogP contribution in [0.15, 0.2) is 43.0 Å². The smallest absolute Gasteiger partial charge is 0.309 e. The zero-order chi connectivity index (χ0) is 15.3. The lowest BCUT2D eigenvalue weighted by Crippen LogP contribution is -2.47. The minimum atomic E-state index is -1.12. The van der Waals surface area contributed by atoms with Gasteiger partial charge in [0.05, 0.1) is 6.54 Å². The van der Waals surface area contributed by atoms with Crippen LogP contribution in [0.25, 0.3) is 0 Å². The van der Waals surface area contributed by atoms with E-state index in [9.17, 15) is 14.7 Å². The van der Waals surface area contributed by atoms with Crippen molar-refractivity contribution in [1.29, 1.82) is 0 Å². The summed E-state index contributed by atoms with van der Waals surface area (Å²) < 4.78 is 0. The highest BCUT2D eigenvalue weighted by molar-refractivity contribution is 6.35. The van der Waals surface area contributed by atoms with Crippen molar-refractivity contribution in [1.82, 2.24) is 10.6 Å². The molecule has 112 valence electrons. The highest BCUT2D eigenvalue weighted by Crippen LogP contribution is 2.45. The van der Waals surface area contributed by atoms with E-state index in [4.69, 9.17) is 0 Å². The average molecular weight is 288 g/mol. The average Bonchev–Trinajstić information content (AvgIpc) is 3.36. The normalized spacial score (nSPS) is 16.6. The molecule has 5 heteroatoms. The van der Waals surface area contributed by atoms with Gasteiger partial charge in [-0.15, -0.1) is 6.58 Å². The lowest BCUT2D eigenvalue weighted by Gasteiger charge is -2.29. The van der Waals surface area contributed by atoms with Crippen molar-refractivity contribution in [2.75, 3.05) is 13.1 Å². The molecular weight excluding hydrogens is 268 g/mol. The molecule has 0 bridgehead atoms. The predicted molar refractivity (Wildman–Crippen MR) is 79.3 cm³/mol. The van der Waals surface area contributed by atoms with Crippen molar-refractivity contribution in [2.45, 2.75) is 18.4 Å². The van der Waals surface area contributed by atoms with E-state index >= 15 is 0 Å². The van der Waals surface area contributed by atoms with Gasteiger partial charge in [-0.05, 0) is 24.3 Å². The molecule has 1 aliphatic rings. The van der Waals surface area contributed by atoms with Crippen molar-refractivity contribution in [2.24, 2.45) is 5.92 Å². The maximum Gasteiger partial charge on any atom is 0.309 e. The van der Waals surface area contributed by atoms with E-state index < -0.39 is 17.4 Å². The molecule has 1 fully saturated rings. The van der Waals surface area contributed by atoms with Gasteiger partial charge in [-0.3, -0.25) is 9.59 Å². The molecule has 1 atom stereocenters. The summed E-state index contributed by atoms with van der Waals surface area (Å²) in [5.41, 5.74) is -0.352. The molecule has 1 aliphatic carbocycles. The fourth-order valence-corrected chi connectivity index (χ4v) is 2.31. The van der Waals surface area contributed by atoms with Crippen LogP contribution in [-0.4, -0.2) is 30.0 Å². The summed E-state index contributed by atoms with van der Waals surface area (Å²) in [4.78, 5) is 23.2. The van der Waals surface area contributed by atoms with Crippen LogP contribution < -0.4 is 10.6 Å². The van der Waals surface area contributed by atoms with E-state index in [1.165, 1.54) is 6.08 Å². The Labute approximate surface area is 124 Å². The number of nitrogens with one attached hydrogen (secondary N) is 2. The standard InChI is InChI=1S/C16H20N2O3/c1-2-10-17-14(19)15(20)18-11-16(21,13-8-9-13)12-6-4-3-5-7-12/h2-7,13,21H,1,8-11H2,(H,17,19)(H,18,20). The lowest BCUT2D eigenvalue weighted by molar-refractivity contribution is -0.139. The molecule has 3 N–H and O–H groups in total. The number of hydrogen-bond donors (Lipinski definition) is 3. The van der Waals surface area contributed by atoms with Crippen molar-refractivity contribution in [3.05, 3.63) is 48.6 Å². The van der Waals surface area contributed by atoms with Gasteiger partial charge in [-0.2, -0.15) is 0 Å². The molecule has 0 heterocycles. The largest absolute Gasteiger partial charge is 0.383 e. The highest BCUT2D eigenvalue weighted by Gasteiger charge is 2.45. The van der Waals surface area contributed by atoms with E-state index in [-0.39, 0.29) is 19.0 Å². The first-order chi connectivity index (χ1) is 10.1. The number of rotatable bonds is 6. The van der Waals surface area contributed by atoms with Crippen LogP contribution in [0.5, 0.6) is 0 Å². The molecule has 0 saturated heterocycles. The van der Waals surface area contributed by atoms with Crippen LogP contribution in [0.3, 0.4) is 0 Å². The van der Waals surface area contributed by atoms with Crippen molar-refractivity contribution in [3.63, 3.8) is 0 Å². The van der Waals surface area contributed by atoms with Gasteiger partial charge in [0.1, 0.15) is 5.60 Å². The maximum atomic E-state index is 11.7. The lowest BCUT2D eigenvalue weighted by atomic mass is 9.88. The van der Waals surface area contributed by atoms with Crippen LogP contribution in [0.1, 0.15) is 18.4 Å². The minimum Gasteiger partial charge on any atom is -0.383 e. The van der Waals surface area contributed by atoms with Gasteiger partial charge in [0.2, 0.25) is 0 Å². The molecule has 0 spiro atoms. The summed E-state index contributed by atoms with van der Waals surface area (Å²) in [6.07, 6.45) is 3.34. The molecule has 1 aromatic rings. The molecule has 1 aromatic carbocycles. The molecule has 0 radical (unpaired) electrons. The van der Waals surface area contributed by atoms with Gasteiger partial charge < -0.3 is 15.7 Å². The number of aliphatic hydroxyl groups is 1. The second kappa shape index (κ2) is 6.54. The predicted octanol–water partition coefficient (Wildman–Crippen LogP) is 0.703. The summed E-state index contributed by atoms with van der Waals surface area (Å²) in [5.74, 6) is -1.34. The number of amides is 2. The summed E-state index contributed by atoms with van der Waals surface area (Å²) >= 11 is 0. The fourth-order valence-electron chi connectivity index (χ4n) is 2.31. The molecule has 2 rings (SSSR count). The van der Waals surface area contributed by atoms with Crippen LogP contribution in [0, 0.1) is 5.92 Å². The van der Waals surface area contributed by atoms with E-state index in [1.54, 1.807) is 0 Å². The van der Waals surface area contributed by atoms with Gasteiger partial charge in [0.25, 0.3) is 0 Å². The Kier molecular flexibility index (Phi) is 4.75. The Morgan fingerprint density at radius 1 is 1.24 bits per heavy atom. The Morgan fingerprint density at radius 2 is 1.86 bits per heavy atom. The zero-order valence-corrected chi connectivity index (χ0v) is 11.8. The van der Waals surface area contributed by atoms with Gasteiger partial charge in [0.15, 0.2) is 0 Å². The van der Waals surface area contributed by atoms with Crippen LogP contribution in [0.4, 0.5) is 0 Å². The van der Waals surface area contributed by atoms with E-state index in [0.29, 0.717) is 0 Å². The summed E-state index contributed by atoms with van der Waals surface area (Å²) in [5, 5.41) is 15.8. The molecule has 1 saturated carbocycles. The SMILES string of the molecule is C=CCNC(=O)C(=O)NCC(O)(c1ccccc1)C1CC1. The Bertz CT molecular complexity index is 526. The summed E-state index contributed by atoms with van der Waals surface area (Å²) in [7, 11) is 0. The first-order valence-electron chi connectivity index (χ1n) is 7.02. The second-order valence-electron chi connectivity index (χ2n) is 5.25. The number of benzene rings is 1. The van der Waals surface area contributed by atoms with E-state index in [1.807, 2.05) is 30.3 Å². The molecule has 0 aromatic heterocycles. The Morgan fingerprint density at radius 3 is 2.43 bits per heavy atom. The topological polar surface area (TPSA) is 78.4 Å². The highest BCUT2D eigenvalue weighted by atomic mass is 16.3. The molecular formula is C16H20N2O3. The van der Waals surface area contributed by atoms with Gasteiger partial charge in [-0.1, -0.05) is 36.4 Å². The summed E-state index contributed by atoms with van der Waals surface area (Å²) in [6, 6.07) is 9.24. The van der Waals surface area contributed by atoms with E-state index in [0.717, 1.165) is 18.4 Å². The molecule has 2 amide bonds. The molecule has 21 heavy (non-hydrogen) atoms. The first kappa shape index (κ1) is 15.3. The number of hydrogen-bond acceptors (Lipinski definition) is 3. The van der Waals surface area contributed by atoms with Crippen molar-refractivity contribution < 1.29 is 14.7 Å². The van der Waals surface area contributed by atoms with Crippen LogP contribution >= 0.6 is 0 Å². The zero-order valence-electron chi connectivity index (χ0n) is 11.8. The third-order valence-corrected chi connectivity index (χ3v) is 3.66. The minimum absolute atomic E-state index is 0.0298. The summed E-state index contributed by atoms with van der Waals surface area (Å²) in [6.45, 7) is 3.73. The Balaban J connectivity index is 2.00. The van der Waals surface area contributed by atoms with Crippen LogP contribution in [0.2, 0.25) is 0 Å². The van der Waals surface area contributed by atoms with Gasteiger partial charge in [0, 0.05) is 6.54 Å². The van der Waals surface area contributed by atoms with Crippen LogP contribution in [-0.2, 0) is 15.2 Å². The number of carbonyl (C=O) groups is 2. The van der Waals surface area contributed by atoms with Gasteiger partial charge in [-0.25, -0.2) is 0 Å². The van der Waals surface area contributed by atoms with E-state index in [2.05, 4.69) is 17.2 Å². The third kappa shape index (κ3) is 3.70. The molecule has 0 aliphatic heterocycles.